The Kier molecular flexibility index (Phi) is 6.17. The lowest BCUT2D eigenvalue weighted by molar-refractivity contribution is -0.384. The number of aromatic nitrogens is 2. The monoisotopic (exact) mass is 461 g/mol. The van der Waals surface area contributed by atoms with Crippen LogP contribution in [0.3, 0.4) is 0 Å². The van der Waals surface area contributed by atoms with Gasteiger partial charge in [0, 0.05) is 23.4 Å². The van der Waals surface area contributed by atoms with Crippen LogP contribution in [0, 0.1) is 10.1 Å². The molecular formula is C18H13BrClN5O3. The van der Waals surface area contributed by atoms with E-state index in [-0.39, 0.29) is 11.4 Å². The fourth-order valence-corrected chi connectivity index (χ4v) is 2.93. The fraction of sp³-hybridized carbons (Fsp3) is 0.0556. The summed E-state index contributed by atoms with van der Waals surface area (Å²) in [5.74, 6) is -0.473. The van der Waals surface area contributed by atoms with Crippen LogP contribution in [0.5, 0.6) is 0 Å². The van der Waals surface area contributed by atoms with Gasteiger partial charge in [-0.25, -0.2) is 5.43 Å². The van der Waals surface area contributed by atoms with Crippen molar-refractivity contribution in [3.8, 4) is 0 Å². The molecule has 0 aliphatic heterocycles. The lowest BCUT2D eigenvalue weighted by Gasteiger charge is -2.01. The summed E-state index contributed by atoms with van der Waals surface area (Å²) in [5, 5.41) is 19.5. The third-order valence-corrected chi connectivity index (χ3v) is 4.51. The second-order valence-corrected chi connectivity index (χ2v) is 6.99. The zero-order valence-electron chi connectivity index (χ0n) is 14.3. The summed E-state index contributed by atoms with van der Waals surface area (Å²) in [6, 6.07) is 13.1. The molecule has 1 amide bonds. The summed E-state index contributed by atoms with van der Waals surface area (Å²) in [7, 11) is 0. The Balaban J connectivity index is 1.64. The van der Waals surface area contributed by atoms with Crippen molar-refractivity contribution in [1.82, 2.24) is 15.2 Å². The van der Waals surface area contributed by atoms with Crippen LogP contribution in [0.25, 0.3) is 0 Å². The number of nitrogens with one attached hydrogen (secondary N) is 1. The molecule has 0 bridgehead atoms. The molecule has 1 aromatic heterocycles. The number of hydrazone groups is 1. The molecule has 0 fully saturated rings. The number of halogens is 2. The second kappa shape index (κ2) is 8.77. The van der Waals surface area contributed by atoms with Crippen molar-refractivity contribution in [2.75, 3.05) is 0 Å². The largest absolute Gasteiger partial charge is 0.293 e. The number of nitrogens with zero attached hydrogens (tertiary/aromatic N) is 4. The minimum atomic E-state index is -0.473. The third-order valence-electron chi connectivity index (χ3n) is 3.67. The van der Waals surface area contributed by atoms with Crippen molar-refractivity contribution in [3.63, 3.8) is 0 Å². The van der Waals surface area contributed by atoms with Crippen LogP contribution in [0.15, 0.2) is 64.3 Å². The van der Waals surface area contributed by atoms with E-state index in [1.54, 1.807) is 47.3 Å². The highest BCUT2D eigenvalue weighted by Gasteiger charge is 2.15. The number of benzene rings is 2. The number of carbonyl (C=O) groups is 1. The molecule has 10 heteroatoms. The molecule has 1 N–H and O–H groups in total. The van der Waals surface area contributed by atoms with Crippen LogP contribution < -0.4 is 5.43 Å². The summed E-state index contributed by atoms with van der Waals surface area (Å²) in [4.78, 5) is 22.5. The topological polar surface area (TPSA) is 102 Å². The van der Waals surface area contributed by atoms with Gasteiger partial charge in [-0.15, -0.1) is 0 Å². The van der Waals surface area contributed by atoms with Crippen LogP contribution in [-0.2, 0) is 6.54 Å². The molecule has 1 heterocycles. The average molecular weight is 463 g/mol. The molecule has 2 aromatic carbocycles. The van der Waals surface area contributed by atoms with Gasteiger partial charge in [0.05, 0.1) is 22.2 Å². The molecule has 0 radical (unpaired) electrons. The van der Waals surface area contributed by atoms with Crippen molar-refractivity contribution in [2.24, 2.45) is 5.10 Å². The van der Waals surface area contributed by atoms with Gasteiger partial charge in [-0.2, -0.15) is 10.2 Å². The first-order valence-corrected chi connectivity index (χ1v) is 9.15. The Morgan fingerprint density at radius 3 is 2.57 bits per heavy atom. The fourth-order valence-electron chi connectivity index (χ4n) is 2.31. The van der Waals surface area contributed by atoms with E-state index in [0.717, 1.165) is 11.1 Å². The van der Waals surface area contributed by atoms with Gasteiger partial charge in [-0.05, 0) is 39.2 Å². The first-order chi connectivity index (χ1) is 13.4. The Morgan fingerprint density at radius 1 is 1.25 bits per heavy atom. The van der Waals surface area contributed by atoms with Crippen LogP contribution in [-0.4, -0.2) is 26.8 Å². The van der Waals surface area contributed by atoms with Crippen LogP contribution in [0.2, 0.25) is 5.02 Å². The van der Waals surface area contributed by atoms with Crippen LogP contribution in [0.1, 0.15) is 21.6 Å². The first kappa shape index (κ1) is 19.7. The molecule has 0 aliphatic carbocycles. The van der Waals surface area contributed by atoms with Gasteiger partial charge in [-0.3, -0.25) is 19.6 Å². The molecule has 28 heavy (non-hydrogen) atoms. The molecule has 0 saturated carbocycles. The minimum absolute atomic E-state index is 0.0176. The van der Waals surface area contributed by atoms with E-state index in [1.807, 2.05) is 0 Å². The van der Waals surface area contributed by atoms with Gasteiger partial charge in [0.2, 0.25) is 0 Å². The normalized spacial score (nSPS) is 10.9. The van der Waals surface area contributed by atoms with Crippen molar-refractivity contribution in [1.29, 1.82) is 0 Å². The minimum Gasteiger partial charge on any atom is -0.266 e. The molecule has 0 spiro atoms. The lowest BCUT2D eigenvalue weighted by atomic mass is 10.2. The second-order valence-electron chi connectivity index (χ2n) is 5.70. The van der Waals surface area contributed by atoms with E-state index in [2.05, 4.69) is 31.6 Å². The van der Waals surface area contributed by atoms with E-state index in [4.69, 9.17) is 11.6 Å². The zero-order chi connectivity index (χ0) is 20.1. The Bertz CT molecular complexity index is 1030. The van der Waals surface area contributed by atoms with Crippen LogP contribution in [0.4, 0.5) is 5.69 Å². The Hall–Kier alpha value is -3.04. The molecule has 3 aromatic rings. The quantitative estimate of drug-likeness (QED) is 0.339. The maximum Gasteiger partial charge on any atom is 0.293 e. The predicted octanol–water partition coefficient (Wildman–Crippen LogP) is 4.02. The van der Waals surface area contributed by atoms with Crippen molar-refractivity contribution in [3.05, 3.63) is 91.2 Å². The average Bonchev–Trinajstić information content (AvgIpc) is 3.04. The summed E-state index contributed by atoms with van der Waals surface area (Å²) < 4.78 is 2.07. The molecular weight excluding hydrogens is 450 g/mol. The van der Waals surface area contributed by atoms with Gasteiger partial charge in [0.25, 0.3) is 11.6 Å². The number of hydrogen-bond donors (Lipinski definition) is 1. The number of hydrogen-bond acceptors (Lipinski definition) is 5. The lowest BCUT2D eigenvalue weighted by Crippen LogP contribution is -2.19. The highest BCUT2D eigenvalue weighted by Crippen LogP contribution is 2.17. The molecule has 3 rings (SSSR count). The predicted molar refractivity (Wildman–Crippen MR) is 109 cm³/mol. The first-order valence-electron chi connectivity index (χ1n) is 7.97. The highest BCUT2D eigenvalue weighted by molar-refractivity contribution is 9.10. The van der Waals surface area contributed by atoms with E-state index < -0.39 is 10.8 Å². The molecule has 8 nitrogen and oxygen atoms in total. The number of nitro groups is 1. The number of carbonyl (C=O) groups excluding carboxylic acids is 1. The van der Waals surface area contributed by atoms with Crippen molar-refractivity contribution >= 4 is 45.3 Å². The zero-order valence-corrected chi connectivity index (χ0v) is 16.6. The summed E-state index contributed by atoms with van der Waals surface area (Å²) in [5.41, 5.74) is 4.21. The van der Waals surface area contributed by atoms with E-state index in [0.29, 0.717) is 16.0 Å². The highest BCUT2D eigenvalue weighted by atomic mass is 79.9. The van der Waals surface area contributed by atoms with E-state index in [1.165, 1.54) is 18.3 Å². The summed E-state index contributed by atoms with van der Waals surface area (Å²) in [6.45, 7) is 0.359. The van der Waals surface area contributed by atoms with Crippen LogP contribution >= 0.6 is 27.5 Å². The van der Waals surface area contributed by atoms with E-state index in [9.17, 15) is 14.9 Å². The molecule has 0 atom stereocenters. The van der Waals surface area contributed by atoms with E-state index >= 15 is 0 Å². The standard InChI is InChI=1S/C18H13BrClN5O3/c19-16-11-24(10-13-3-7-15(8-4-13)25(27)28)23-17(16)18(26)22-21-9-12-1-5-14(20)6-2-12/h1-9,11H,10H2,(H,22,26). The van der Waals surface area contributed by atoms with Gasteiger partial charge in [0.1, 0.15) is 0 Å². The molecule has 142 valence electrons. The maximum atomic E-state index is 12.3. The smallest absolute Gasteiger partial charge is 0.266 e. The molecule has 0 aliphatic rings. The number of rotatable bonds is 6. The summed E-state index contributed by atoms with van der Waals surface area (Å²) >= 11 is 9.12. The third kappa shape index (κ3) is 5.02. The number of amides is 1. The SMILES string of the molecule is O=C(NN=Cc1ccc(Cl)cc1)c1nn(Cc2ccc([N+](=O)[O-])cc2)cc1Br. The maximum absolute atomic E-state index is 12.3. The number of nitro benzene ring substituents is 1. The molecule has 0 saturated heterocycles. The van der Waals surface area contributed by atoms with Crippen molar-refractivity contribution in [2.45, 2.75) is 6.54 Å². The van der Waals surface area contributed by atoms with Gasteiger partial charge in [0.15, 0.2) is 5.69 Å². The molecule has 0 unspecified atom stereocenters. The summed E-state index contributed by atoms with van der Waals surface area (Å²) in [6.07, 6.45) is 3.15. The van der Waals surface area contributed by atoms with Gasteiger partial charge >= 0.3 is 0 Å². The van der Waals surface area contributed by atoms with Gasteiger partial charge in [-0.1, -0.05) is 35.9 Å². The number of non-ortho nitro benzene ring substituents is 1. The van der Waals surface area contributed by atoms with Gasteiger partial charge < -0.3 is 0 Å². The van der Waals surface area contributed by atoms with Crippen molar-refractivity contribution < 1.29 is 9.72 Å². The Morgan fingerprint density at radius 2 is 1.93 bits per heavy atom. The Labute approximate surface area is 173 Å².